The van der Waals surface area contributed by atoms with Crippen molar-refractivity contribution in [2.75, 3.05) is 7.11 Å². The lowest BCUT2D eigenvalue weighted by Gasteiger charge is -2.19. The summed E-state index contributed by atoms with van der Waals surface area (Å²) in [6.45, 7) is 0. The van der Waals surface area contributed by atoms with E-state index in [0.717, 1.165) is 16.6 Å². The minimum Gasteiger partial charge on any atom is -0.504 e. The van der Waals surface area contributed by atoms with Gasteiger partial charge in [0.2, 0.25) is 0 Å². The van der Waals surface area contributed by atoms with Crippen LogP contribution in [-0.2, 0) is 0 Å². The molecule has 0 atom stereocenters. The van der Waals surface area contributed by atoms with Crippen LogP contribution in [0.5, 0.6) is 11.5 Å². The number of hydrogen-bond donors (Lipinski definition) is 3. The van der Waals surface area contributed by atoms with E-state index in [1.807, 2.05) is 12.1 Å². The van der Waals surface area contributed by atoms with Crippen LogP contribution >= 0.6 is 45.2 Å². The Morgan fingerprint density at radius 2 is 1.37 bits per heavy atom. The van der Waals surface area contributed by atoms with Crippen LogP contribution in [-0.4, -0.2) is 22.2 Å². The molecule has 0 amide bonds. The Labute approximate surface area is 200 Å². The summed E-state index contributed by atoms with van der Waals surface area (Å²) in [7, 11) is 1.58. The van der Waals surface area contributed by atoms with Crippen molar-refractivity contribution in [2.24, 2.45) is 0 Å². The summed E-state index contributed by atoms with van der Waals surface area (Å²) in [5.74, 6) is 0.585. The topological polar surface area (TPSA) is 61.0 Å². The molecular weight excluding hydrogens is 602 g/mol. The first-order chi connectivity index (χ1) is 14.5. The molecule has 0 spiro atoms. The van der Waals surface area contributed by atoms with Crippen molar-refractivity contribution in [1.82, 2.24) is 9.97 Å². The minimum absolute atomic E-state index is 0.0293. The number of aromatic amines is 2. The van der Waals surface area contributed by atoms with Crippen LogP contribution in [0.2, 0.25) is 0 Å². The van der Waals surface area contributed by atoms with E-state index in [-0.39, 0.29) is 11.7 Å². The first kappa shape index (κ1) is 19.7. The molecule has 4 nitrogen and oxygen atoms in total. The highest BCUT2D eigenvalue weighted by molar-refractivity contribution is 14.1. The molecule has 3 N–H and O–H groups in total. The third-order valence-electron chi connectivity index (χ3n) is 5.51. The molecule has 6 heteroatoms. The summed E-state index contributed by atoms with van der Waals surface area (Å²) in [5, 5.41) is 12.5. The van der Waals surface area contributed by atoms with Gasteiger partial charge in [0.25, 0.3) is 0 Å². The Balaban J connectivity index is 1.81. The molecule has 3 aromatic carbocycles. The van der Waals surface area contributed by atoms with E-state index in [2.05, 4.69) is 104 Å². The van der Waals surface area contributed by atoms with E-state index < -0.39 is 0 Å². The van der Waals surface area contributed by atoms with Gasteiger partial charge < -0.3 is 19.8 Å². The standard InChI is InChI=1S/C24H18I2N2O2/c1-30-23-8-13(2-7-22(23)29)24(18-11-27-20-5-3-14(25)9-16(18)20)19-12-28-21-6-4-15(26)10-17(19)21/h2-12,24,27-29H,1H3. The summed E-state index contributed by atoms with van der Waals surface area (Å²) in [5.41, 5.74) is 5.65. The number of fused-ring (bicyclic) bond motifs is 2. The molecule has 5 rings (SSSR count). The van der Waals surface area contributed by atoms with E-state index in [0.29, 0.717) is 5.75 Å². The van der Waals surface area contributed by atoms with Gasteiger partial charge in [0.1, 0.15) is 0 Å². The molecule has 30 heavy (non-hydrogen) atoms. The Morgan fingerprint density at radius 3 is 1.90 bits per heavy atom. The molecular formula is C24H18I2N2O2. The first-order valence-electron chi connectivity index (χ1n) is 9.45. The normalized spacial score (nSPS) is 11.6. The summed E-state index contributed by atoms with van der Waals surface area (Å²) in [6, 6.07) is 18.5. The molecule has 5 aromatic rings. The molecule has 0 aliphatic heterocycles. The number of phenolic OH excluding ortho intramolecular Hbond substituents is 1. The number of hydrogen-bond acceptors (Lipinski definition) is 2. The van der Waals surface area contributed by atoms with E-state index in [4.69, 9.17) is 4.74 Å². The average molecular weight is 620 g/mol. The Bertz CT molecular complexity index is 1310. The number of benzene rings is 3. The van der Waals surface area contributed by atoms with Crippen molar-refractivity contribution in [3.05, 3.63) is 90.8 Å². The van der Waals surface area contributed by atoms with Crippen molar-refractivity contribution < 1.29 is 9.84 Å². The lowest BCUT2D eigenvalue weighted by molar-refractivity contribution is 0.373. The fourth-order valence-electron chi connectivity index (χ4n) is 4.11. The predicted octanol–water partition coefficient (Wildman–Crippen LogP) is 6.75. The monoisotopic (exact) mass is 620 g/mol. The van der Waals surface area contributed by atoms with Crippen molar-refractivity contribution in [3.63, 3.8) is 0 Å². The molecule has 0 radical (unpaired) electrons. The second-order valence-electron chi connectivity index (χ2n) is 7.23. The zero-order valence-corrected chi connectivity index (χ0v) is 20.4. The van der Waals surface area contributed by atoms with Gasteiger partial charge in [0, 0.05) is 47.3 Å². The second-order valence-corrected chi connectivity index (χ2v) is 9.72. The van der Waals surface area contributed by atoms with Gasteiger partial charge in [-0.25, -0.2) is 0 Å². The number of aromatic nitrogens is 2. The average Bonchev–Trinajstić information content (AvgIpc) is 3.34. The van der Waals surface area contributed by atoms with Gasteiger partial charge in [-0.1, -0.05) is 6.07 Å². The molecule has 0 saturated carbocycles. The van der Waals surface area contributed by atoms with Crippen LogP contribution in [0.15, 0.2) is 67.0 Å². The van der Waals surface area contributed by atoms with Crippen LogP contribution in [0.3, 0.4) is 0 Å². The highest BCUT2D eigenvalue weighted by atomic mass is 127. The van der Waals surface area contributed by atoms with Crippen LogP contribution in [0, 0.1) is 7.14 Å². The number of ether oxygens (including phenoxy) is 1. The minimum atomic E-state index is -0.0293. The largest absolute Gasteiger partial charge is 0.504 e. The second kappa shape index (κ2) is 7.81. The molecule has 150 valence electrons. The Kier molecular flexibility index (Phi) is 5.14. The summed E-state index contributed by atoms with van der Waals surface area (Å²) >= 11 is 4.71. The van der Waals surface area contributed by atoms with E-state index >= 15 is 0 Å². The summed E-state index contributed by atoms with van der Waals surface area (Å²) < 4.78 is 7.80. The zero-order valence-electron chi connectivity index (χ0n) is 16.0. The van der Waals surface area contributed by atoms with Gasteiger partial charge in [-0.3, -0.25) is 0 Å². The smallest absolute Gasteiger partial charge is 0.160 e. The molecule has 2 aromatic heterocycles. The van der Waals surface area contributed by atoms with Gasteiger partial charge in [-0.05, 0) is 110 Å². The quantitative estimate of drug-likeness (QED) is 0.195. The Hall–Kier alpha value is -2.20. The molecule has 0 fully saturated rings. The fourth-order valence-corrected chi connectivity index (χ4v) is 5.09. The van der Waals surface area contributed by atoms with Crippen LogP contribution in [0.25, 0.3) is 21.8 Å². The molecule has 0 aliphatic carbocycles. The molecule has 2 heterocycles. The zero-order chi connectivity index (χ0) is 20.8. The van der Waals surface area contributed by atoms with Crippen molar-refractivity contribution in [1.29, 1.82) is 0 Å². The maximum atomic E-state index is 10.2. The van der Waals surface area contributed by atoms with Gasteiger partial charge >= 0.3 is 0 Å². The van der Waals surface area contributed by atoms with Crippen LogP contribution in [0.1, 0.15) is 22.6 Å². The number of rotatable bonds is 4. The van der Waals surface area contributed by atoms with Gasteiger partial charge in [-0.2, -0.15) is 0 Å². The predicted molar refractivity (Wildman–Crippen MR) is 138 cm³/mol. The van der Waals surface area contributed by atoms with Crippen molar-refractivity contribution in [2.45, 2.75) is 5.92 Å². The summed E-state index contributed by atoms with van der Waals surface area (Å²) in [4.78, 5) is 6.86. The molecule has 0 aliphatic rings. The third-order valence-corrected chi connectivity index (χ3v) is 6.85. The van der Waals surface area contributed by atoms with Crippen molar-refractivity contribution in [3.8, 4) is 11.5 Å². The number of H-pyrrole nitrogens is 2. The SMILES string of the molecule is COc1cc(C(c2c[nH]c3ccc(I)cc23)c2c[nH]c3ccc(I)cc23)ccc1O. The lowest BCUT2D eigenvalue weighted by atomic mass is 9.84. The number of aromatic hydroxyl groups is 1. The Morgan fingerprint density at radius 1 is 0.800 bits per heavy atom. The van der Waals surface area contributed by atoms with Crippen LogP contribution < -0.4 is 4.74 Å². The van der Waals surface area contributed by atoms with Gasteiger partial charge in [0.05, 0.1) is 7.11 Å². The highest BCUT2D eigenvalue weighted by Crippen LogP contribution is 2.42. The maximum Gasteiger partial charge on any atom is 0.160 e. The molecule has 0 saturated heterocycles. The summed E-state index contributed by atoms with van der Waals surface area (Å²) in [6.07, 6.45) is 4.19. The third kappa shape index (κ3) is 3.35. The number of halogens is 2. The number of phenols is 1. The first-order valence-corrected chi connectivity index (χ1v) is 11.6. The van der Waals surface area contributed by atoms with Crippen molar-refractivity contribution >= 4 is 67.0 Å². The molecule has 0 unspecified atom stereocenters. The number of nitrogens with one attached hydrogen (secondary N) is 2. The van der Waals surface area contributed by atoms with Gasteiger partial charge in [-0.15, -0.1) is 0 Å². The molecule has 0 bridgehead atoms. The van der Waals surface area contributed by atoms with E-state index in [1.54, 1.807) is 13.2 Å². The van der Waals surface area contributed by atoms with E-state index in [1.165, 1.54) is 29.0 Å². The highest BCUT2D eigenvalue weighted by Gasteiger charge is 2.24. The van der Waals surface area contributed by atoms with Crippen LogP contribution in [0.4, 0.5) is 0 Å². The van der Waals surface area contributed by atoms with E-state index in [9.17, 15) is 5.11 Å². The van der Waals surface area contributed by atoms with Gasteiger partial charge in [0.15, 0.2) is 11.5 Å². The maximum absolute atomic E-state index is 10.2. The fraction of sp³-hybridized carbons (Fsp3) is 0.0833. The lowest BCUT2D eigenvalue weighted by Crippen LogP contribution is -2.03. The number of methoxy groups -OCH3 is 1.